The highest BCUT2D eigenvalue weighted by Crippen LogP contribution is 2.30. The molecule has 0 atom stereocenters. The molecular formula is C20H20N2O3. The summed E-state index contributed by atoms with van der Waals surface area (Å²) < 4.78 is 5.39. The maximum absolute atomic E-state index is 11.3. The standard InChI is InChI=1S/C20H20N2O3/c1-13-16(11-19(23)24)20(15-8-4-5-9-17(15)22-13)21-12-14-7-3-6-10-18(14)25-2/h3-10H,11-12H2,1-2H3,(H,21,22)(H,23,24). The summed E-state index contributed by atoms with van der Waals surface area (Å²) in [5.41, 5.74) is 4.10. The number of ether oxygens (including phenoxy) is 1. The van der Waals surface area contributed by atoms with Gasteiger partial charge in [-0.05, 0) is 19.1 Å². The van der Waals surface area contributed by atoms with E-state index in [0.717, 1.165) is 33.6 Å². The number of aliphatic carboxylic acids is 1. The summed E-state index contributed by atoms with van der Waals surface area (Å²) in [5, 5.41) is 13.6. The van der Waals surface area contributed by atoms with Crippen molar-refractivity contribution in [3.63, 3.8) is 0 Å². The van der Waals surface area contributed by atoms with Crippen LogP contribution in [0.25, 0.3) is 10.9 Å². The molecule has 0 saturated carbocycles. The zero-order chi connectivity index (χ0) is 17.8. The maximum Gasteiger partial charge on any atom is 0.307 e. The van der Waals surface area contributed by atoms with E-state index in [9.17, 15) is 9.90 Å². The molecule has 0 radical (unpaired) electrons. The zero-order valence-electron chi connectivity index (χ0n) is 14.2. The van der Waals surface area contributed by atoms with Crippen LogP contribution in [0.15, 0.2) is 48.5 Å². The van der Waals surface area contributed by atoms with Crippen molar-refractivity contribution < 1.29 is 14.6 Å². The molecule has 0 unspecified atom stereocenters. The number of nitrogens with one attached hydrogen (secondary N) is 1. The number of anilines is 1. The van der Waals surface area contributed by atoms with Gasteiger partial charge in [-0.15, -0.1) is 0 Å². The summed E-state index contributed by atoms with van der Waals surface area (Å²) in [6.07, 6.45) is -0.0715. The Morgan fingerprint density at radius 3 is 2.64 bits per heavy atom. The first-order valence-corrected chi connectivity index (χ1v) is 8.06. The highest BCUT2D eigenvalue weighted by Gasteiger charge is 2.15. The first-order chi connectivity index (χ1) is 12.1. The second-order valence-corrected chi connectivity index (χ2v) is 5.80. The number of carbonyl (C=O) groups is 1. The molecule has 0 fully saturated rings. The number of fused-ring (bicyclic) bond motifs is 1. The van der Waals surface area contributed by atoms with E-state index in [2.05, 4.69) is 10.3 Å². The van der Waals surface area contributed by atoms with Gasteiger partial charge >= 0.3 is 5.97 Å². The molecule has 128 valence electrons. The second-order valence-electron chi connectivity index (χ2n) is 5.80. The smallest absolute Gasteiger partial charge is 0.307 e. The normalized spacial score (nSPS) is 10.6. The maximum atomic E-state index is 11.3. The molecule has 5 heteroatoms. The van der Waals surface area contributed by atoms with Crippen LogP contribution in [0.1, 0.15) is 16.8 Å². The lowest BCUT2D eigenvalue weighted by Crippen LogP contribution is -2.10. The van der Waals surface area contributed by atoms with Crippen LogP contribution in [-0.4, -0.2) is 23.2 Å². The first-order valence-electron chi connectivity index (χ1n) is 8.06. The largest absolute Gasteiger partial charge is 0.496 e. The number of pyridine rings is 1. The Morgan fingerprint density at radius 1 is 1.16 bits per heavy atom. The fourth-order valence-corrected chi connectivity index (χ4v) is 2.98. The van der Waals surface area contributed by atoms with Gasteiger partial charge in [0, 0.05) is 34.4 Å². The average molecular weight is 336 g/mol. The van der Waals surface area contributed by atoms with Crippen molar-refractivity contribution in [1.29, 1.82) is 0 Å². The zero-order valence-corrected chi connectivity index (χ0v) is 14.2. The molecule has 0 aliphatic heterocycles. The highest BCUT2D eigenvalue weighted by molar-refractivity contribution is 5.94. The van der Waals surface area contributed by atoms with Gasteiger partial charge in [0.15, 0.2) is 0 Å². The molecule has 1 aromatic heterocycles. The lowest BCUT2D eigenvalue weighted by Gasteiger charge is -2.17. The fraction of sp³-hybridized carbons (Fsp3) is 0.200. The van der Waals surface area contributed by atoms with Gasteiger partial charge < -0.3 is 15.2 Å². The lowest BCUT2D eigenvalue weighted by atomic mass is 10.0. The number of para-hydroxylation sites is 2. The highest BCUT2D eigenvalue weighted by atomic mass is 16.5. The minimum atomic E-state index is -0.875. The molecule has 0 aliphatic rings. The van der Waals surface area contributed by atoms with Crippen LogP contribution < -0.4 is 10.1 Å². The van der Waals surface area contributed by atoms with Crippen LogP contribution >= 0.6 is 0 Å². The average Bonchev–Trinajstić information content (AvgIpc) is 2.61. The number of carboxylic acid groups (broad SMARTS) is 1. The third kappa shape index (κ3) is 3.55. The molecule has 2 aromatic carbocycles. The summed E-state index contributed by atoms with van der Waals surface area (Å²) in [6.45, 7) is 2.38. The quantitative estimate of drug-likeness (QED) is 0.716. The molecule has 0 aliphatic carbocycles. The van der Waals surface area contributed by atoms with Crippen LogP contribution in [0.2, 0.25) is 0 Å². The van der Waals surface area contributed by atoms with E-state index < -0.39 is 5.97 Å². The van der Waals surface area contributed by atoms with Crippen LogP contribution in [0, 0.1) is 6.92 Å². The summed E-state index contributed by atoms with van der Waals surface area (Å²) in [6, 6.07) is 15.5. The Morgan fingerprint density at radius 2 is 1.88 bits per heavy atom. The van der Waals surface area contributed by atoms with Crippen LogP contribution in [0.5, 0.6) is 5.75 Å². The monoisotopic (exact) mass is 336 g/mol. The van der Waals surface area contributed by atoms with Gasteiger partial charge in [0.25, 0.3) is 0 Å². The fourth-order valence-electron chi connectivity index (χ4n) is 2.98. The van der Waals surface area contributed by atoms with Crippen LogP contribution in [0.4, 0.5) is 5.69 Å². The number of rotatable bonds is 6. The summed E-state index contributed by atoms with van der Waals surface area (Å²) in [5.74, 6) is -0.0783. The van der Waals surface area contributed by atoms with E-state index in [1.54, 1.807) is 7.11 Å². The molecule has 1 heterocycles. The predicted molar refractivity (Wildman–Crippen MR) is 98.1 cm³/mol. The number of carboxylic acids is 1. The van der Waals surface area contributed by atoms with E-state index in [1.165, 1.54) is 0 Å². The van der Waals surface area contributed by atoms with Gasteiger partial charge in [-0.3, -0.25) is 9.78 Å². The van der Waals surface area contributed by atoms with Crippen molar-refractivity contribution in [1.82, 2.24) is 4.98 Å². The number of nitrogens with zero attached hydrogens (tertiary/aromatic N) is 1. The van der Waals surface area contributed by atoms with Crippen molar-refractivity contribution >= 4 is 22.6 Å². The molecular weight excluding hydrogens is 316 g/mol. The van der Waals surface area contributed by atoms with Crippen molar-refractivity contribution in [2.45, 2.75) is 19.9 Å². The van der Waals surface area contributed by atoms with Gasteiger partial charge in [0.05, 0.1) is 19.0 Å². The van der Waals surface area contributed by atoms with Crippen LogP contribution in [0.3, 0.4) is 0 Å². The minimum absolute atomic E-state index is 0.0715. The van der Waals surface area contributed by atoms with E-state index in [-0.39, 0.29) is 6.42 Å². The molecule has 0 saturated heterocycles. The van der Waals surface area contributed by atoms with Gasteiger partial charge in [-0.1, -0.05) is 36.4 Å². The van der Waals surface area contributed by atoms with E-state index >= 15 is 0 Å². The molecule has 25 heavy (non-hydrogen) atoms. The van der Waals surface area contributed by atoms with Crippen molar-refractivity contribution in [3.8, 4) is 5.75 Å². The number of hydrogen-bond donors (Lipinski definition) is 2. The summed E-state index contributed by atoms with van der Waals surface area (Å²) >= 11 is 0. The Hall–Kier alpha value is -3.08. The third-order valence-corrected chi connectivity index (χ3v) is 4.18. The topological polar surface area (TPSA) is 71.5 Å². The Balaban J connectivity index is 2.05. The molecule has 0 spiro atoms. The minimum Gasteiger partial charge on any atom is -0.496 e. The molecule has 5 nitrogen and oxygen atoms in total. The molecule has 2 N–H and O–H groups in total. The van der Waals surface area contributed by atoms with Gasteiger partial charge in [0.1, 0.15) is 5.75 Å². The number of aryl methyl sites for hydroxylation is 1. The number of benzene rings is 2. The second kappa shape index (κ2) is 7.21. The van der Waals surface area contributed by atoms with E-state index in [4.69, 9.17) is 4.74 Å². The number of aromatic nitrogens is 1. The van der Waals surface area contributed by atoms with Crippen LogP contribution in [-0.2, 0) is 17.8 Å². The Bertz CT molecular complexity index is 922. The first kappa shape index (κ1) is 16.8. The molecule has 0 amide bonds. The Labute approximate surface area is 146 Å². The summed E-state index contributed by atoms with van der Waals surface area (Å²) in [4.78, 5) is 15.9. The van der Waals surface area contributed by atoms with Crippen molar-refractivity contribution in [2.24, 2.45) is 0 Å². The third-order valence-electron chi connectivity index (χ3n) is 4.18. The molecule has 0 bridgehead atoms. The molecule has 3 aromatic rings. The van der Waals surface area contributed by atoms with Crippen molar-refractivity contribution in [3.05, 3.63) is 65.4 Å². The lowest BCUT2D eigenvalue weighted by molar-refractivity contribution is -0.136. The van der Waals surface area contributed by atoms with Crippen molar-refractivity contribution in [2.75, 3.05) is 12.4 Å². The Kier molecular flexibility index (Phi) is 4.84. The van der Waals surface area contributed by atoms with E-state index in [1.807, 2.05) is 55.5 Å². The van der Waals surface area contributed by atoms with Gasteiger partial charge in [0.2, 0.25) is 0 Å². The SMILES string of the molecule is COc1ccccc1CNc1c(CC(=O)O)c(C)nc2ccccc12. The number of methoxy groups -OCH3 is 1. The predicted octanol–water partition coefficient (Wildman–Crippen LogP) is 3.79. The number of hydrogen-bond acceptors (Lipinski definition) is 4. The van der Waals surface area contributed by atoms with E-state index in [0.29, 0.717) is 12.1 Å². The molecule has 3 rings (SSSR count). The summed E-state index contributed by atoms with van der Waals surface area (Å²) in [7, 11) is 1.64. The van der Waals surface area contributed by atoms with Gasteiger partial charge in [-0.25, -0.2) is 0 Å². The van der Waals surface area contributed by atoms with Gasteiger partial charge in [-0.2, -0.15) is 0 Å².